The third kappa shape index (κ3) is 2.81. The summed E-state index contributed by atoms with van der Waals surface area (Å²) in [6, 6.07) is 11.6. The van der Waals surface area contributed by atoms with Crippen molar-refractivity contribution in [3.63, 3.8) is 0 Å². The van der Waals surface area contributed by atoms with Gasteiger partial charge in [-0.15, -0.1) is 0 Å². The van der Waals surface area contributed by atoms with Gasteiger partial charge in [-0.1, -0.05) is 6.07 Å². The number of rotatable bonds is 1. The molecule has 0 unspecified atom stereocenters. The molecule has 0 aliphatic carbocycles. The van der Waals surface area contributed by atoms with Crippen LogP contribution < -0.4 is 0 Å². The van der Waals surface area contributed by atoms with E-state index in [1.807, 2.05) is 53.4 Å². The molecule has 3 rings (SSSR count). The molecule has 3 heterocycles. The zero-order chi connectivity index (χ0) is 11.1. The predicted octanol–water partition coefficient (Wildman–Crippen LogP) is 2.28. The van der Waals surface area contributed by atoms with Crippen LogP contribution in [0.25, 0.3) is 5.82 Å². The molecule has 0 saturated heterocycles. The van der Waals surface area contributed by atoms with Gasteiger partial charge in [0.25, 0.3) is 0 Å². The lowest BCUT2D eigenvalue weighted by molar-refractivity contribution is 0.965. The van der Waals surface area contributed by atoms with Crippen LogP contribution in [0.1, 0.15) is 0 Å². The first kappa shape index (κ1) is 10.2. The van der Waals surface area contributed by atoms with Gasteiger partial charge in [0.05, 0.1) is 0 Å². The van der Waals surface area contributed by atoms with Gasteiger partial charge in [0.2, 0.25) is 0 Å². The van der Waals surface area contributed by atoms with Gasteiger partial charge < -0.3 is 4.57 Å². The van der Waals surface area contributed by atoms with Gasteiger partial charge in [0, 0.05) is 37.1 Å². The fourth-order valence-electron chi connectivity index (χ4n) is 1.20. The van der Waals surface area contributed by atoms with E-state index in [9.17, 15) is 0 Å². The number of aromatic amines is 1. The molecule has 0 bridgehead atoms. The number of nitrogens with zero attached hydrogens (tertiary/aromatic N) is 3. The van der Waals surface area contributed by atoms with Crippen molar-refractivity contribution >= 4 is 0 Å². The van der Waals surface area contributed by atoms with Crippen LogP contribution in [0.5, 0.6) is 0 Å². The van der Waals surface area contributed by atoms with Crippen LogP contribution in [0, 0.1) is 0 Å². The Morgan fingerprint density at radius 2 is 1.69 bits per heavy atom. The van der Waals surface area contributed by atoms with E-state index in [0.717, 1.165) is 5.82 Å². The molecule has 3 aromatic rings. The number of hydrogen-bond acceptors (Lipinski definition) is 2. The van der Waals surface area contributed by atoms with Gasteiger partial charge in [0.15, 0.2) is 5.82 Å². The molecule has 0 saturated carbocycles. The van der Waals surface area contributed by atoms with Crippen LogP contribution in [0.15, 0.2) is 67.4 Å². The average Bonchev–Trinajstić information content (AvgIpc) is 3.05. The number of aromatic nitrogens is 4. The fraction of sp³-hybridized carbons (Fsp3) is 0. The Kier molecular flexibility index (Phi) is 3.50. The maximum absolute atomic E-state index is 4.00. The smallest absolute Gasteiger partial charge is 0.158 e. The lowest BCUT2D eigenvalue weighted by atomic mass is 10.5. The minimum atomic E-state index is 0.921. The fourth-order valence-corrected chi connectivity index (χ4v) is 1.20. The Morgan fingerprint density at radius 1 is 0.938 bits per heavy atom. The summed E-state index contributed by atoms with van der Waals surface area (Å²) in [6.07, 6.45) is 9.21. The molecule has 0 amide bonds. The maximum Gasteiger partial charge on any atom is 0.158 e. The monoisotopic (exact) mass is 212 g/mol. The molecule has 80 valence electrons. The third-order valence-corrected chi connectivity index (χ3v) is 1.92. The van der Waals surface area contributed by atoms with E-state index < -0.39 is 0 Å². The average molecular weight is 212 g/mol. The van der Waals surface area contributed by atoms with Crippen molar-refractivity contribution in [3.05, 3.63) is 67.4 Å². The first-order valence-electron chi connectivity index (χ1n) is 4.95. The van der Waals surface area contributed by atoms with E-state index in [0.29, 0.717) is 0 Å². The van der Waals surface area contributed by atoms with Crippen LogP contribution in [-0.2, 0) is 0 Å². The zero-order valence-electron chi connectivity index (χ0n) is 8.69. The highest BCUT2D eigenvalue weighted by Crippen LogP contribution is 2.00. The third-order valence-electron chi connectivity index (χ3n) is 1.92. The highest BCUT2D eigenvalue weighted by molar-refractivity contribution is 5.20. The van der Waals surface area contributed by atoms with Crippen LogP contribution in [0.4, 0.5) is 0 Å². The molecule has 0 fully saturated rings. The minimum Gasteiger partial charge on any atom is -0.307 e. The summed E-state index contributed by atoms with van der Waals surface area (Å²) in [5.41, 5.74) is 0. The highest BCUT2D eigenvalue weighted by atomic mass is 15.2. The first-order chi connectivity index (χ1) is 7.97. The van der Waals surface area contributed by atoms with E-state index in [1.54, 1.807) is 18.6 Å². The van der Waals surface area contributed by atoms with Crippen molar-refractivity contribution < 1.29 is 0 Å². The largest absolute Gasteiger partial charge is 0.307 e. The second-order valence-electron chi connectivity index (χ2n) is 3.05. The Balaban J connectivity index is 0.000000138. The lowest BCUT2D eigenvalue weighted by Crippen LogP contribution is -1.88. The molecule has 4 heteroatoms. The molecular formula is C12H12N4. The van der Waals surface area contributed by atoms with Gasteiger partial charge in [0.1, 0.15) is 0 Å². The molecular weight excluding hydrogens is 200 g/mol. The van der Waals surface area contributed by atoms with Crippen molar-refractivity contribution in [3.8, 4) is 5.82 Å². The Bertz CT molecular complexity index is 412. The molecule has 1 N–H and O–H groups in total. The SMILES string of the molecule is c1ccn(-c2cc[nH]n2)c1.c1ccncc1. The Hall–Kier alpha value is -2.36. The standard InChI is InChI=1S/C7H7N3.C5H5N/c1-2-6-10(5-1)7-3-4-8-9-7;1-2-4-6-5-3-1/h1-6H,(H,8,9);1-5H. The number of hydrogen-bond donors (Lipinski definition) is 1. The summed E-state index contributed by atoms with van der Waals surface area (Å²) in [7, 11) is 0. The second kappa shape index (κ2) is 5.50. The zero-order valence-corrected chi connectivity index (χ0v) is 8.69. The van der Waals surface area contributed by atoms with Gasteiger partial charge in [-0.3, -0.25) is 10.1 Å². The summed E-state index contributed by atoms with van der Waals surface area (Å²) in [4.78, 5) is 3.78. The molecule has 4 nitrogen and oxygen atoms in total. The quantitative estimate of drug-likeness (QED) is 0.672. The normalized spacial score (nSPS) is 9.25. The summed E-state index contributed by atoms with van der Waals surface area (Å²) >= 11 is 0. The summed E-state index contributed by atoms with van der Waals surface area (Å²) in [6.45, 7) is 0. The Labute approximate surface area is 93.6 Å². The van der Waals surface area contributed by atoms with Crippen molar-refractivity contribution in [1.82, 2.24) is 19.7 Å². The predicted molar refractivity (Wildman–Crippen MR) is 62.2 cm³/mol. The molecule has 0 aliphatic heterocycles. The van der Waals surface area contributed by atoms with Crippen molar-refractivity contribution in [1.29, 1.82) is 0 Å². The van der Waals surface area contributed by atoms with Crippen molar-refractivity contribution in [2.45, 2.75) is 0 Å². The molecule has 16 heavy (non-hydrogen) atoms. The van der Waals surface area contributed by atoms with Gasteiger partial charge in [-0.2, -0.15) is 5.10 Å². The van der Waals surface area contributed by atoms with Crippen LogP contribution >= 0.6 is 0 Å². The number of pyridine rings is 1. The van der Waals surface area contributed by atoms with Crippen LogP contribution in [-0.4, -0.2) is 19.7 Å². The lowest BCUT2D eigenvalue weighted by Gasteiger charge is -1.92. The van der Waals surface area contributed by atoms with E-state index in [-0.39, 0.29) is 0 Å². The first-order valence-corrected chi connectivity index (χ1v) is 4.95. The second-order valence-corrected chi connectivity index (χ2v) is 3.05. The summed E-state index contributed by atoms with van der Waals surface area (Å²) in [5, 5.41) is 6.74. The van der Waals surface area contributed by atoms with Crippen molar-refractivity contribution in [2.75, 3.05) is 0 Å². The van der Waals surface area contributed by atoms with E-state index in [2.05, 4.69) is 15.2 Å². The van der Waals surface area contributed by atoms with E-state index in [4.69, 9.17) is 0 Å². The number of nitrogens with one attached hydrogen (secondary N) is 1. The van der Waals surface area contributed by atoms with Gasteiger partial charge >= 0.3 is 0 Å². The molecule has 0 aromatic carbocycles. The van der Waals surface area contributed by atoms with Gasteiger partial charge in [-0.05, 0) is 24.3 Å². The van der Waals surface area contributed by atoms with Crippen molar-refractivity contribution in [2.24, 2.45) is 0 Å². The summed E-state index contributed by atoms with van der Waals surface area (Å²) < 4.78 is 1.94. The molecule has 3 aromatic heterocycles. The van der Waals surface area contributed by atoms with Gasteiger partial charge in [-0.25, -0.2) is 0 Å². The van der Waals surface area contributed by atoms with E-state index >= 15 is 0 Å². The molecule has 0 radical (unpaired) electrons. The summed E-state index contributed by atoms with van der Waals surface area (Å²) in [5.74, 6) is 0.921. The number of H-pyrrole nitrogens is 1. The molecule has 0 aliphatic rings. The van der Waals surface area contributed by atoms with Crippen LogP contribution in [0.2, 0.25) is 0 Å². The van der Waals surface area contributed by atoms with Crippen LogP contribution in [0.3, 0.4) is 0 Å². The Morgan fingerprint density at radius 3 is 2.12 bits per heavy atom. The topological polar surface area (TPSA) is 46.5 Å². The molecule has 0 spiro atoms. The molecule has 0 atom stereocenters. The highest BCUT2D eigenvalue weighted by Gasteiger charge is 1.92. The minimum absolute atomic E-state index is 0.921. The van der Waals surface area contributed by atoms with E-state index in [1.165, 1.54) is 0 Å². The maximum atomic E-state index is 4.00.